The molecule has 1 unspecified atom stereocenters. The molecule has 0 N–H and O–H groups in total. The van der Waals surface area contributed by atoms with Crippen molar-refractivity contribution in [3.8, 4) is 0 Å². The molecular weight excluding hydrogens is 252 g/mol. The van der Waals surface area contributed by atoms with E-state index in [0.717, 1.165) is 6.07 Å². The minimum atomic E-state index is -4.80. The lowest BCUT2D eigenvalue weighted by atomic mass is 10.0. The van der Waals surface area contributed by atoms with Crippen molar-refractivity contribution < 1.29 is 27.1 Å². The highest BCUT2D eigenvalue weighted by atomic mass is 19.4. The molecule has 2 nitrogen and oxygen atoms in total. The molecule has 0 aliphatic heterocycles. The Hall–Kier alpha value is -1.43. The molecule has 1 rings (SSSR count). The molecule has 0 aliphatic carbocycles. The fourth-order valence-electron chi connectivity index (χ4n) is 1.56. The van der Waals surface area contributed by atoms with E-state index in [0.29, 0.717) is 12.1 Å². The molecule has 0 saturated heterocycles. The summed E-state index contributed by atoms with van der Waals surface area (Å²) in [6.45, 7) is 1.57. The van der Waals surface area contributed by atoms with Gasteiger partial charge in [0.1, 0.15) is 11.9 Å². The van der Waals surface area contributed by atoms with E-state index >= 15 is 0 Å². The van der Waals surface area contributed by atoms with Crippen molar-refractivity contribution in [2.75, 3.05) is 7.11 Å². The molecule has 1 atom stereocenters. The van der Waals surface area contributed by atoms with Gasteiger partial charge >= 0.3 is 6.18 Å². The minimum absolute atomic E-state index is 0.00178. The zero-order valence-corrected chi connectivity index (χ0v) is 9.84. The summed E-state index contributed by atoms with van der Waals surface area (Å²) in [5.74, 6) is -1.73. The quantitative estimate of drug-likeness (QED) is 0.778. The number of ketones is 1. The van der Waals surface area contributed by atoms with Crippen LogP contribution in [0, 0.1) is 5.82 Å². The van der Waals surface area contributed by atoms with Crippen LogP contribution < -0.4 is 0 Å². The second kappa shape index (κ2) is 5.48. The van der Waals surface area contributed by atoms with Gasteiger partial charge in [0.05, 0.1) is 5.56 Å². The van der Waals surface area contributed by atoms with Crippen molar-refractivity contribution >= 4 is 5.78 Å². The number of benzene rings is 1. The van der Waals surface area contributed by atoms with Crippen LogP contribution in [0.25, 0.3) is 0 Å². The van der Waals surface area contributed by atoms with E-state index in [9.17, 15) is 22.4 Å². The molecule has 0 aromatic heterocycles. The summed E-state index contributed by atoms with van der Waals surface area (Å²) in [6.07, 6.45) is -5.78. The number of Topliss-reactive ketones (excluding diaryl/α,β-unsaturated/α-hetero) is 1. The van der Waals surface area contributed by atoms with E-state index in [4.69, 9.17) is 4.74 Å². The Morgan fingerprint density at radius 2 is 2.00 bits per heavy atom. The number of rotatable bonds is 4. The highest BCUT2D eigenvalue weighted by Gasteiger charge is 2.35. The van der Waals surface area contributed by atoms with Crippen LogP contribution in [0.3, 0.4) is 0 Å². The summed E-state index contributed by atoms with van der Waals surface area (Å²) in [5.41, 5.74) is -1.40. The van der Waals surface area contributed by atoms with Gasteiger partial charge in [0.15, 0.2) is 5.78 Å². The molecule has 0 aliphatic rings. The maximum Gasteiger partial charge on any atom is 0.419 e. The standard InChI is InChI=1S/C12H12F4O2/c1-3-10(17)11(18-2)7-4-5-9(13)8(6-7)12(14,15)16/h4-6,11H,3H2,1-2H3. The van der Waals surface area contributed by atoms with Crippen LogP contribution in [0.15, 0.2) is 18.2 Å². The number of hydrogen-bond donors (Lipinski definition) is 0. The fraction of sp³-hybridized carbons (Fsp3) is 0.417. The summed E-state index contributed by atoms with van der Waals surface area (Å²) in [4.78, 5) is 11.5. The van der Waals surface area contributed by atoms with Crippen LogP contribution in [0.4, 0.5) is 17.6 Å². The van der Waals surface area contributed by atoms with Crippen LogP contribution in [0.1, 0.15) is 30.6 Å². The molecule has 0 heterocycles. The third-order valence-electron chi connectivity index (χ3n) is 2.48. The summed E-state index contributed by atoms with van der Waals surface area (Å²) >= 11 is 0. The first-order chi connectivity index (χ1) is 8.31. The van der Waals surface area contributed by atoms with Crippen LogP contribution in [-0.2, 0) is 15.7 Å². The Labute approximate surface area is 102 Å². The molecule has 0 fully saturated rings. The smallest absolute Gasteiger partial charge is 0.369 e. The van der Waals surface area contributed by atoms with Gasteiger partial charge in [-0.3, -0.25) is 4.79 Å². The van der Waals surface area contributed by atoms with Gasteiger partial charge in [-0.1, -0.05) is 13.0 Å². The van der Waals surface area contributed by atoms with Crippen LogP contribution >= 0.6 is 0 Å². The van der Waals surface area contributed by atoms with E-state index in [1.54, 1.807) is 6.92 Å². The number of hydrogen-bond acceptors (Lipinski definition) is 2. The van der Waals surface area contributed by atoms with E-state index in [-0.39, 0.29) is 17.8 Å². The zero-order valence-electron chi connectivity index (χ0n) is 9.84. The number of alkyl halides is 3. The van der Waals surface area contributed by atoms with Crippen LogP contribution in [0.5, 0.6) is 0 Å². The molecule has 100 valence electrons. The number of methoxy groups -OCH3 is 1. The van der Waals surface area contributed by atoms with Gasteiger partial charge in [0, 0.05) is 13.5 Å². The molecule has 0 amide bonds. The second-order valence-corrected chi connectivity index (χ2v) is 3.67. The summed E-state index contributed by atoms with van der Waals surface area (Å²) in [6, 6.07) is 2.41. The lowest BCUT2D eigenvalue weighted by Crippen LogP contribution is -2.16. The summed E-state index contributed by atoms with van der Waals surface area (Å²) in [5, 5.41) is 0. The average Bonchev–Trinajstić information content (AvgIpc) is 2.30. The van der Waals surface area contributed by atoms with Crippen molar-refractivity contribution in [1.82, 2.24) is 0 Å². The van der Waals surface area contributed by atoms with Crippen molar-refractivity contribution in [1.29, 1.82) is 0 Å². The third-order valence-corrected chi connectivity index (χ3v) is 2.48. The Bertz CT molecular complexity index is 440. The Kier molecular flexibility index (Phi) is 4.45. The van der Waals surface area contributed by atoms with Gasteiger partial charge in [-0.15, -0.1) is 0 Å². The summed E-state index contributed by atoms with van der Waals surface area (Å²) < 4.78 is 55.5. The monoisotopic (exact) mass is 264 g/mol. The van der Waals surface area contributed by atoms with Gasteiger partial charge in [-0.25, -0.2) is 4.39 Å². The fourth-order valence-corrected chi connectivity index (χ4v) is 1.56. The predicted octanol–water partition coefficient (Wildman–Crippen LogP) is 3.51. The first-order valence-corrected chi connectivity index (χ1v) is 5.23. The maximum absolute atomic E-state index is 13.1. The normalized spacial score (nSPS) is 13.4. The first-order valence-electron chi connectivity index (χ1n) is 5.23. The lowest BCUT2D eigenvalue weighted by Gasteiger charge is -2.16. The van der Waals surface area contributed by atoms with E-state index < -0.39 is 23.7 Å². The topological polar surface area (TPSA) is 26.3 Å². The predicted molar refractivity (Wildman–Crippen MR) is 56.5 cm³/mol. The molecular formula is C12H12F4O2. The average molecular weight is 264 g/mol. The highest BCUT2D eigenvalue weighted by Crippen LogP contribution is 2.33. The number of halogens is 4. The van der Waals surface area contributed by atoms with Gasteiger partial charge < -0.3 is 4.74 Å². The van der Waals surface area contributed by atoms with Crippen molar-refractivity contribution in [2.24, 2.45) is 0 Å². The van der Waals surface area contributed by atoms with Crippen molar-refractivity contribution in [2.45, 2.75) is 25.6 Å². The van der Waals surface area contributed by atoms with Gasteiger partial charge in [0.25, 0.3) is 0 Å². The van der Waals surface area contributed by atoms with Crippen molar-refractivity contribution in [3.63, 3.8) is 0 Å². The van der Waals surface area contributed by atoms with Crippen molar-refractivity contribution in [3.05, 3.63) is 35.1 Å². The molecule has 0 spiro atoms. The SMILES string of the molecule is CCC(=O)C(OC)c1ccc(F)c(C(F)(F)F)c1. The maximum atomic E-state index is 13.1. The molecule has 6 heteroatoms. The van der Waals surface area contributed by atoms with E-state index in [1.165, 1.54) is 7.11 Å². The molecule has 1 aromatic rings. The van der Waals surface area contributed by atoms with Gasteiger partial charge in [0.2, 0.25) is 0 Å². The minimum Gasteiger partial charge on any atom is -0.369 e. The van der Waals surface area contributed by atoms with E-state index in [2.05, 4.69) is 0 Å². The molecule has 18 heavy (non-hydrogen) atoms. The summed E-state index contributed by atoms with van der Waals surface area (Å²) in [7, 11) is 1.22. The molecule has 0 radical (unpaired) electrons. The second-order valence-electron chi connectivity index (χ2n) is 3.67. The van der Waals surface area contributed by atoms with Gasteiger partial charge in [-0.2, -0.15) is 13.2 Å². The highest BCUT2D eigenvalue weighted by molar-refractivity contribution is 5.84. The lowest BCUT2D eigenvalue weighted by molar-refractivity contribution is -0.140. The zero-order chi connectivity index (χ0) is 13.9. The van der Waals surface area contributed by atoms with E-state index in [1.807, 2.05) is 0 Å². The molecule has 0 bridgehead atoms. The Morgan fingerprint density at radius 1 is 1.39 bits per heavy atom. The third kappa shape index (κ3) is 3.07. The van der Waals surface area contributed by atoms with Crippen LogP contribution in [0.2, 0.25) is 0 Å². The van der Waals surface area contributed by atoms with Crippen LogP contribution in [-0.4, -0.2) is 12.9 Å². The molecule has 1 aromatic carbocycles. The van der Waals surface area contributed by atoms with Gasteiger partial charge in [-0.05, 0) is 17.7 Å². The first kappa shape index (κ1) is 14.6. The molecule has 0 saturated carbocycles. The Morgan fingerprint density at radius 3 is 2.44 bits per heavy atom. The Balaban J connectivity index is 3.23. The largest absolute Gasteiger partial charge is 0.419 e. The number of carbonyl (C=O) groups excluding carboxylic acids is 1. The number of ether oxygens (including phenoxy) is 1. The number of carbonyl (C=O) groups is 1.